The van der Waals surface area contributed by atoms with Crippen LogP contribution in [0.4, 0.5) is 5.69 Å². The van der Waals surface area contributed by atoms with Gasteiger partial charge in [0.1, 0.15) is 11.3 Å². The number of thiophene rings is 1. The van der Waals surface area contributed by atoms with Crippen molar-refractivity contribution < 1.29 is 13.9 Å². The Morgan fingerprint density at radius 2 is 2.08 bits per heavy atom. The Bertz CT molecular complexity index is 1040. The number of hydrogen-bond acceptors (Lipinski definition) is 5. The Labute approximate surface area is 147 Å². The fourth-order valence-corrected chi connectivity index (χ4v) is 3.10. The first-order valence-electron chi connectivity index (χ1n) is 7.63. The minimum absolute atomic E-state index is 0.137. The summed E-state index contributed by atoms with van der Waals surface area (Å²) in [5, 5.41) is 4.74. The molecular formula is C19H14N2O3S. The average Bonchev–Trinajstić information content (AvgIpc) is 3.31. The topological polar surface area (TPSA) is 64.4 Å². The number of ether oxygens (including phenoxy) is 1. The van der Waals surface area contributed by atoms with Gasteiger partial charge in [-0.25, -0.2) is 4.98 Å². The third-order valence-corrected chi connectivity index (χ3v) is 4.58. The van der Waals surface area contributed by atoms with E-state index in [0.29, 0.717) is 22.0 Å². The van der Waals surface area contributed by atoms with Gasteiger partial charge in [-0.05, 0) is 41.8 Å². The molecule has 1 amide bonds. The van der Waals surface area contributed by atoms with Gasteiger partial charge in [0.15, 0.2) is 5.58 Å². The highest BCUT2D eigenvalue weighted by Gasteiger charge is 2.11. The average molecular weight is 350 g/mol. The quantitative estimate of drug-likeness (QED) is 0.573. The van der Waals surface area contributed by atoms with E-state index < -0.39 is 0 Å². The largest absolute Gasteiger partial charge is 0.497 e. The smallest absolute Gasteiger partial charge is 0.265 e. The van der Waals surface area contributed by atoms with E-state index >= 15 is 0 Å². The summed E-state index contributed by atoms with van der Waals surface area (Å²) in [5.74, 6) is 1.11. The van der Waals surface area contributed by atoms with Gasteiger partial charge in [0.25, 0.3) is 5.91 Å². The number of carbonyl (C=O) groups excluding carboxylic acids is 1. The molecular weight excluding hydrogens is 336 g/mol. The van der Waals surface area contributed by atoms with E-state index in [1.165, 1.54) is 11.3 Å². The number of methoxy groups -OCH3 is 1. The van der Waals surface area contributed by atoms with Crippen LogP contribution < -0.4 is 10.1 Å². The lowest BCUT2D eigenvalue weighted by Crippen LogP contribution is -2.09. The monoisotopic (exact) mass is 350 g/mol. The van der Waals surface area contributed by atoms with Crippen LogP contribution in [-0.4, -0.2) is 18.0 Å². The molecule has 1 N–H and O–H groups in total. The number of nitrogens with one attached hydrogen (secondary N) is 1. The third kappa shape index (κ3) is 3.12. The first-order valence-corrected chi connectivity index (χ1v) is 8.51. The van der Waals surface area contributed by atoms with Crippen molar-refractivity contribution in [1.82, 2.24) is 4.98 Å². The Hall–Kier alpha value is -3.12. The fraction of sp³-hybridized carbons (Fsp3) is 0.0526. The van der Waals surface area contributed by atoms with Gasteiger partial charge in [0, 0.05) is 17.3 Å². The molecule has 0 atom stereocenters. The minimum Gasteiger partial charge on any atom is -0.497 e. The predicted octanol–water partition coefficient (Wildman–Crippen LogP) is 4.82. The summed E-state index contributed by atoms with van der Waals surface area (Å²) >= 11 is 1.40. The second-order valence-electron chi connectivity index (χ2n) is 5.36. The second-order valence-corrected chi connectivity index (χ2v) is 6.31. The van der Waals surface area contributed by atoms with Gasteiger partial charge in [0.2, 0.25) is 5.89 Å². The molecule has 6 heteroatoms. The van der Waals surface area contributed by atoms with Gasteiger partial charge in [-0.3, -0.25) is 4.79 Å². The number of benzene rings is 2. The molecule has 0 fully saturated rings. The van der Waals surface area contributed by atoms with Crippen molar-refractivity contribution in [2.75, 3.05) is 12.4 Å². The molecule has 4 rings (SSSR count). The van der Waals surface area contributed by atoms with Crippen LogP contribution >= 0.6 is 11.3 Å². The van der Waals surface area contributed by atoms with Gasteiger partial charge in [-0.15, -0.1) is 11.3 Å². The molecule has 5 nitrogen and oxygen atoms in total. The summed E-state index contributed by atoms with van der Waals surface area (Å²) in [7, 11) is 1.62. The van der Waals surface area contributed by atoms with Crippen molar-refractivity contribution in [3.05, 3.63) is 64.9 Å². The van der Waals surface area contributed by atoms with E-state index in [9.17, 15) is 4.79 Å². The van der Waals surface area contributed by atoms with Gasteiger partial charge >= 0.3 is 0 Å². The molecule has 0 aliphatic heterocycles. The molecule has 0 spiro atoms. The Morgan fingerprint density at radius 1 is 1.16 bits per heavy atom. The number of rotatable bonds is 4. The molecule has 2 aromatic heterocycles. The molecule has 2 heterocycles. The third-order valence-electron chi connectivity index (χ3n) is 3.71. The van der Waals surface area contributed by atoms with Gasteiger partial charge in [0.05, 0.1) is 12.0 Å². The molecule has 0 aliphatic rings. The lowest BCUT2D eigenvalue weighted by atomic mass is 10.2. The minimum atomic E-state index is -0.137. The number of anilines is 1. The van der Waals surface area contributed by atoms with Gasteiger partial charge in [-0.1, -0.05) is 12.1 Å². The van der Waals surface area contributed by atoms with Crippen molar-refractivity contribution >= 4 is 34.0 Å². The molecule has 25 heavy (non-hydrogen) atoms. The van der Waals surface area contributed by atoms with Crippen LogP contribution in [0, 0.1) is 0 Å². The van der Waals surface area contributed by atoms with E-state index in [1.807, 2.05) is 47.8 Å². The van der Waals surface area contributed by atoms with Crippen LogP contribution in [0.15, 0.2) is 64.4 Å². The molecule has 0 aliphatic carbocycles. The number of carbonyl (C=O) groups is 1. The van der Waals surface area contributed by atoms with Crippen LogP contribution in [0.2, 0.25) is 0 Å². The highest BCUT2D eigenvalue weighted by Crippen LogP contribution is 2.28. The molecule has 2 aromatic carbocycles. The molecule has 0 saturated heterocycles. The number of hydrogen-bond donors (Lipinski definition) is 1. The Morgan fingerprint density at radius 3 is 2.88 bits per heavy atom. The number of amides is 1. The van der Waals surface area contributed by atoms with E-state index in [0.717, 1.165) is 16.8 Å². The van der Waals surface area contributed by atoms with Crippen LogP contribution in [0.5, 0.6) is 5.75 Å². The summed E-state index contributed by atoms with van der Waals surface area (Å²) in [6.45, 7) is 0. The lowest BCUT2D eigenvalue weighted by molar-refractivity contribution is 0.103. The number of aromatic nitrogens is 1. The van der Waals surface area contributed by atoms with Crippen molar-refractivity contribution in [3.8, 4) is 17.2 Å². The van der Waals surface area contributed by atoms with E-state index in [1.54, 1.807) is 19.2 Å². The first kappa shape index (κ1) is 15.4. The zero-order chi connectivity index (χ0) is 17.2. The molecule has 0 unspecified atom stereocenters. The SMILES string of the molecule is COc1cccc(-c2nc3ccc(NC(=O)c4cccs4)cc3o2)c1. The Balaban J connectivity index is 1.64. The fourth-order valence-electron chi connectivity index (χ4n) is 2.48. The summed E-state index contributed by atoms with van der Waals surface area (Å²) in [6.07, 6.45) is 0. The maximum atomic E-state index is 12.1. The zero-order valence-corrected chi connectivity index (χ0v) is 14.2. The zero-order valence-electron chi connectivity index (χ0n) is 13.4. The second kappa shape index (κ2) is 6.41. The summed E-state index contributed by atoms with van der Waals surface area (Å²) in [4.78, 5) is 17.3. The van der Waals surface area contributed by atoms with Crippen molar-refractivity contribution in [3.63, 3.8) is 0 Å². The van der Waals surface area contributed by atoms with E-state index in [2.05, 4.69) is 10.3 Å². The van der Waals surface area contributed by atoms with Crippen LogP contribution in [0.25, 0.3) is 22.6 Å². The number of fused-ring (bicyclic) bond motifs is 1. The standard InChI is InChI=1S/C19H14N2O3S/c1-23-14-5-2-4-12(10-14)19-21-15-8-7-13(11-16(15)24-19)20-18(22)17-6-3-9-25-17/h2-11H,1H3,(H,20,22). The van der Waals surface area contributed by atoms with Crippen molar-refractivity contribution in [2.45, 2.75) is 0 Å². The van der Waals surface area contributed by atoms with E-state index in [-0.39, 0.29) is 5.91 Å². The van der Waals surface area contributed by atoms with Crippen molar-refractivity contribution in [1.29, 1.82) is 0 Å². The molecule has 124 valence electrons. The van der Waals surface area contributed by atoms with Crippen LogP contribution in [-0.2, 0) is 0 Å². The van der Waals surface area contributed by atoms with E-state index in [4.69, 9.17) is 9.15 Å². The first-order chi connectivity index (χ1) is 12.2. The van der Waals surface area contributed by atoms with Crippen LogP contribution in [0.1, 0.15) is 9.67 Å². The molecule has 4 aromatic rings. The number of oxazole rings is 1. The summed E-state index contributed by atoms with van der Waals surface area (Å²) in [5.41, 5.74) is 2.84. The van der Waals surface area contributed by atoms with Crippen molar-refractivity contribution in [2.24, 2.45) is 0 Å². The summed E-state index contributed by atoms with van der Waals surface area (Å²) in [6, 6.07) is 16.6. The number of nitrogens with zero attached hydrogens (tertiary/aromatic N) is 1. The normalized spacial score (nSPS) is 10.8. The maximum Gasteiger partial charge on any atom is 0.265 e. The summed E-state index contributed by atoms with van der Waals surface area (Å²) < 4.78 is 11.1. The Kier molecular flexibility index (Phi) is 3.95. The maximum absolute atomic E-state index is 12.1. The highest BCUT2D eigenvalue weighted by atomic mass is 32.1. The molecule has 0 saturated carbocycles. The van der Waals surface area contributed by atoms with Gasteiger partial charge in [-0.2, -0.15) is 0 Å². The van der Waals surface area contributed by atoms with Crippen LogP contribution in [0.3, 0.4) is 0 Å². The predicted molar refractivity (Wildman–Crippen MR) is 98.3 cm³/mol. The molecule has 0 bridgehead atoms. The molecule has 0 radical (unpaired) electrons. The highest BCUT2D eigenvalue weighted by molar-refractivity contribution is 7.12. The van der Waals surface area contributed by atoms with Gasteiger partial charge < -0.3 is 14.5 Å². The lowest BCUT2D eigenvalue weighted by Gasteiger charge is -2.02.